The second kappa shape index (κ2) is 9.73. The van der Waals surface area contributed by atoms with Crippen LogP contribution in [0.2, 0.25) is 0 Å². The first-order chi connectivity index (χ1) is 13.3. The average Bonchev–Trinajstić information content (AvgIpc) is 2.76. The number of anilines is 2. The summed E-state index contributed by atoms with van der Waals surface area (Å²) in [7, 11) is 0. The summed E-state index contributed by atoms with van der Waals surface area (Å²) >= 11 is 0. The molecule has 27 heavy (non-hydrogen) atoms. The maximum atomic E-state index is 11.8. The number of ketones is 1. The lowest BCUT2D eigenvalue weighted by Gasteiger charge is -2.04. The van der Waals surface area contributed by atoms with Crippen molar-refractivity contribution in [3.05, 3.63) is 132 Å². The molecule has 132 valence electrons. The molecule has 2 heteroatoms. The second-order valence-electron chi connectivity index (χ2n) is 5.92. The van der Waals surface area contributed by atoms with Crippen LogP contribution in [0.3, 0.4) is 0 Å². The van der Waals surface area contributed by atoms with Gasteiger partial charge in [0.05, 0.1) is 0 Å². The van der Waals surface area contributed by atoms with Gasteiger partial charge in [0.1, 0.15) is 0 Å². The fourth-order valence-corrected chi connectivity index (χ4v) is 2.56. The van der Waals surface area contributed by atoms with Crippen molar-refractivity contribution in [3.8, 4) is 0 Å². The van der Waals surface area contributed by atoms with E-state index in [0.717, 1.165) is 22.5 Å². The predicted molar refractivity (Wildman–Crippen MR) is 112 cm³/mol. The molecule has 0 radical (unpaired) electrons. The molecule has 4 aromatic carbocycles. The fourth-order valence-electron chi connectivity index (χ4n) is 2.56. The SMILES string of the molecule is O=C(c1ccccc1)c1ccccc1.c1ccc(Nc2ccccc2)cc1. The van der Waals surface area contributed by atoms with Crippen molar-refractivity contribution >= 4 is 17.2 Å². The topological polar surface area (TPSA) is 29.1 Å². The zero-order chi connectivity index (χ0) is 18.7. The van der Waals surface area contributed by atoms with Crippen LogP contribution < -0.4 is 5.32 Å². The monoisotopic (exact) mass is 351 g/mol. The minimum absolute atomic E-state index is 0.0752. The van der Waals surface area contributed by atoms with E-state index in [-0.39, 0.29) is 5.78 Å². The van der Waals surface area contributed by atoms with E-state index >= 15 is 0 Å². The molecular formula is C25H21NO. The molecule has 4 aromatic rings. The Morgan fingerprint density at radius 2 is 0.741 bits per heavy atom. The van der Waals surface area contributed by atoms with Crippen molar-refractivity contribution < 1.29 is 4.79 Å². The number of para-hydroxylation sites is 2. The summed E-state index contributed by atoms with van der Waals surface area (Å²) < 4.78 is 0. The smallest absolute Gasteiger partial charge is 0.193 e. The van der Waals surface area contributed by atoms with Gasteiger partial charge in [-0.3, -0.25) is 4.79 Å². The van der Waals surface area contributed by atoms with Gasteiger partial charge in [0.15, 0.2) is 5.78 Å². The fraction of sp³-hybridized carbons (Fsp3) is 0. The van der Waals surface area contributed by atoms with E-state index in [0.29, 0.717) is 0 Å². The molecule has 0 bridgehead atoms. The van der Waals surface area contributed by atoms with Gasteiger partial charge < -0.3 is 5.32 Å². The van der Waals surface area contributed by atoms with Crippen LogP contribution in [0.5, 0.6) is 0 Å². The van der Waals surface area contributed by atoms with E-state index in [2.05, 4.69) is 5.32 Å². The van der Waals surface area contributed by atoms with Gasteiger partial charge >= 0.3 is 0 Å². The van der Waals surface area contributed by atoms with Gasteiger partial charge in [-0.2, -0.15) is 0 Å². The Kier molecular flexibility index (Phi) is 6.54. The van der Waals surface area contributed by atoms with Crippen LogP contribution in [-0.2, 0) is 0 Å². The van der Waals surface area contributed by atoms with E-state index in [9.17, 15) is 4.79 Å². The molecule has 4 rings (SSSR count). The summed E-state index contributed by atoms with van der Waals surface area (Å²) in [5.41, 5.74) is 3.71. The molecule has 0 saturated heterocycles. The molecule has 0 fully saturated rings. The molecule has 0 aliphatic rings. The van der Waals surface area contributed by atoms with Crippen molar-refractivity contribution in [2.75, 3.05) is 5.32 Å². The minimum atomic E-state index is 0.0752. The zero-order valence-corrected chi connectivity index (χ0v) is 15.0. The molecule has 0 atom stereocenters. The third-order valence-electron chi connectivity index (χ3n) is 3.91. The Morgan fingerprint density at radius 1 is 0.444 bits per heavy atom. The maximum Gasteiger partial charge on any atom is 0.193 e. The van der Waals surface area contributed by atoms with E-state index < -0.39 is 0 Å². The summed E-state index contributed by atoms with van der Waals surface area (Å²) in [5.74, 6) is 0.0752. The lowest BCUT2D eigenvalue weighted by atomic mass is 10.0. The molecule has 2 nitrogen and oxygen atoms in total. The Labute approximate surface area is 160 Å². The van der Waals surface area contributed by atoms with Crippen LogP contribution in [0.15, 0.2) is 121 Å². The van der Waals surface area contributed by atoms with Gasteiger partial charge in [-0.25, -0.2) is 0 Å². The third-order valence-corrected chi connectivity index (χ3v) is 3.91. The summed E-state index contributed by atoms with van der Waals surface area (Å²) in [6.07, 6.45) is 0. The van der Waals surface area contributed by atoms with Crippen LogP contribution in [0, 0.1) is 0 Å². The average molecular weight is 351 g/mol. The van der Waals surface area contributed by atoms with Gasteiger partial charge in [0, 0.05) is 22.5 Å². The molecule has 0 saturated carbocycles. The lowest BCUT2D eigenvalue weighted by molar-refractivity contribution is 0.103. The Bertz CT molecular complexity index is 857. The van der Waals surface area contributed by atoms with Crippen molar-refractivity contribution in [2.45, 2.75) is 0 Å². The normalized spacial score (nSPS) is 9.63. The number of carbonyl (C=O) groups is 1. The van der Waals surface area contributed by atoms with Crippen LogP contribution in [0.4, 0.5) is 11.4 Å². The molecule has 0 spiro atoms. The van der Waals surface area contributed by atoms with Gasteiger partial charge in [-0.15, -0.1) is 0 Å². The number of hydrogen-bond donors (Lipinski definition) is 1. The Balaban J connectivity index is 0.000000156. The maximum absolute atomic E-state index is 11.8. The highest BCUT2D eigenvalue weighted by atomic mass is 16.1. The first kappa shape index (κ1) is 18.2. The molecule has 0 aliphatic heterocycles. The van der Waals surface area contributed by atoms with Crippen LogP contribution >= 0.6 is 0 Å². The van der Waals surface area contributed by atoms with Crippen LogP contribution in [-0.4, -0.2) is 5.78 Å². The number of hydrogen-bond acceptors (Lipinski definition) is 2. The largest absolute Gasteiger partial charge is 0.356 e. The predicted octanol–water partition coefficient (Wildman–Crippen LogP) is 6.35. The van der Waals surface area contributed by atoms with E-state index in [4.69, 9.17) is 0 Å². The van der Waals surface area contributed by atoms with Gasteiger partial charge in [-0.05, 0) is 24.3 Å². The van der Waals surface area contributed by atoms with E-state index in [1.54, 1.807) is 0 Å². The molecule has 1 N–H and O–H groups in total. The van der Waals surface area contributed by atoms with Gasteiger partial charge in [0.2, 0.25) is 0 Å². The molecular weight excluding hydrogens is 330 g/mol. The van der Waals surface area contributed by atoms with Gasteiger partial charge in [0.25, 0.3) is 0 Å². The first-order valence-corrected chi connectivity index (χ1v) is 8.85. The Morgan fingerprint density at radius 3 is 1.07 bits per heavy atom. The highest BCUT2D eigenvalue weighted by molar-refractivity contribution is 6.08. The number of benzene rings is 4. The summed E-state index contributed by atoms with van der Waals surface area (Å²) in [6, 6.07) is 38.9. The number of nitrogens with one attached hydrogen (secondary N) is 1. The highest BCUT2D eigenvalue weighted by Crippen LogP contribution is 2.14. The molecule has 0 aliphatic carbocycles. The van der Waals surface area contributed by atoms with Crippen molar-refractivity contribution in [1.29, 1.82) is 0 Å². The molecule has 0 aromatic heterocycles. The lowest BCUT2D eigenvalue weighted by Crippen LogP contribution is -1.99. The molecule has 0 heterocycles. The Hall–Kier alpha value is -3.65. The van der Waals surface area contributed by atoms with Crippen molar-refractivity contribution in [3.63, 3.8) is 0 Å². The van der Waals surface area contributed by atoms with Crippen LogP contribution in [0.25, 0.3) is 0 Å². The minimum Gasteiger partial charge on any atom is -0.356 e. The van der Waals surface area contributed by atoms with Crippen LogP contribution in [0.1, 0.15) is 15.9 Å². The summed E-state index contributed by atoms with van der Waals surface area (Å²) in [5, 5.41) is 3.30. The first-order valence-electron chi connectivity index (χ1n) is 8.85. The quantitative estimate of drug-likeness (QED) is 0.434. The van der Waals surface area contributed by atoms with Gasteiger partial charge in [-0.1, -0.05) is 97.1 Å². The van der Waals surface area contributed by atoms with Crippen molar-refractivity contribution in [1.82, 2.24) is 0 Å². The third kappa shape index (κ3) is 5.68. The number of carbonyl (C=O) groups excluding carboxylic acids is 1. The molecule has 0 unspecified atom stereocenters. The molecule has 0 amide bonds. The van der Waals surface area contributed by atoms with E-state index in [1.807, 2.05) is 121 Å². The van der Waals surface area contributed by atoms with E-state index in [1.165, 1.54) is 0 Å². The second-order valence-corrected chi connectivity index (χ2v) is 5.92. The van der Waals surface area contributed by atoms with Crippen molar-refractivity contribution in [2.24, 2.45) is 0 Å². The number of rotatable bonds is 4. The standard InChI is InChI=1S/C13H10O.C12H11N/c14-13(11-7-3-1-4-8-11)12-9-5-2-6-10-12;1-3-7-11(8-4-1)13-12-9-5-2-6-10-12/h1-10H;1-10,13H. The zero-order valence-electron chi connectivity index (χ0n) is 15.0. The highest BCUT2D eigenvalue weighted by Gasteiger charge is 2.06. The summed E-state index contributed by atoms with van der Waals surface area (Å²) in [4.78, 5) is 11.8. The summed E-state index contributed by atoms with van der Waals surface area (Å²) in [6.45, 7) is 0.